The lowest BCUT2D eigenvalue weighted by molar-refractivity contribution is 0.0905. The van der Waals surface area contributed by atoms with Crippen LogP contribution >= 0.6 is 0 Å². The highest BCUT2D eigenvalue weighted by molar-refractivity contribution is 5.95. The first-order chi connectivity index (χ1) is 10.1. The topological polar surface area (TPSA) is 63.2 Å². The Morgan fingerprint density at radius 2 is 2.10 bits per heavy atom. The van der Waals surface area contributed by atoms with Gasteiger partial charge in [-0.3, -0.25) is 4.79 Å². The highest BCUT2D eigenvalue weighted by atomic mass is 16.5. The van der Waals surface area contributed by atoms with E-state index < -0.39 is 0 Å². The molecule has 2 N–H and O–H groups in total. The molecule has 1 aromatic heterocycles. The summed E-state index contributed by atoms with van der Waals surface area (Å²) in [6.45, 7) is 8.16. The fourth-order valence-corrected chi connectivity index (χ4v) is 1.79. The Morgan fingerprint density at radius 1 is 1.33 bits per heavy atom. The first-order valence-electron chi connectivity index (χ1n) is 7.61. The molecule has 5 heteroatoms. The average molecular weight is 293 g/mol. The van der Waals surface area contributed by atoms with Gasteiger partial charge in [0, 0.05) is 31.5 Å². The maximum Gasteiger partial charge on any atom is 0.251 e. The molecule has 0 aromatic carbocycles. The molecule has 1 aromatic rings. The zero-order valence-corrected chi connectivity index (χ0v) is 13.5. The average Bonchev–Trinajstić information content (AvgIpc) is 2.49. The smallest absolute Gasteiger partial charge is 0.251 e. The maximum atomic E-state index is 12.1. The van der Waals surface area contributed by atoms with Crippen LogP contribution < -0.4 is 10.6 Å². The number of pyridine rings is 1. The summed E-state index contributed by atoms with van der Waals surface area (Å²) in [5.41, 5.74) is 1.54. The van der Waals surface area contributed by atoms with Gasteiger partial charge in [-0.1, -0.05) is 20.8 Å². The Kier molecular flexibility index (Phi) is 7.75. The number of ether oxygens (including phenoxy) is 1. The van der Waals surface area contributed by atoms with Crippen molar-refractivity contribution in [3.63, 3.8) is 0 Å². The molecule has 0 aliphatic heterocycles. The van der Waals surface area contributed by atoms with Crippen LogP contribution in [0.2, 0.25) is 0 Å². The quantitative estimate of drug-likeness (QED) is 0.687. The molecule has 0 saturated heterocycles. The molecule has 1 amide bonds. The number of rotatable bonds is 9. The van der Waals surface area contributed by atoms with Crippen LogP contribution in [0.5, 0.6) is 0 Å². The Bertz CT molecular complexity index is 425. The second-order valence-corrected chi connectivity index (χ2v) is 5.39. The van der Waals surface area contributed by atoms with Crippen molar-refractivity contribution in [1.29, 1.82) is 0 Å². The third kappa shape index (κ3) is 6.58. The maximum absolute atomic E-state index is 12.1. The molecule has 0 fully saturated rings. The van der Waals surface area contributed by atoms with Gasteiger partial charge in [0.1, 0.15) is 5.82 Å². The Labute approximate surface area is 127 Å². The molecule has 0 saturated carbocycles. The van der Waals surface area contributed by atoms with Crippen LogP contribution in [-0.4, -0.2) is 37.7 Å². The van der Waals surface area contributed by atoms with Crippen molar-refractivity contribution < 1.29 is 9.53 Å². The molecular weight excluding hydrogens is 266 g/mol. The first-order valence-corrected chi connectivity index (χ1v) is 7.61. The largest absolute Gasteiger partial charge is 0.380 e. The summed E-state index contributed by atoms with van der Waals surface area (Å²) in [6, 6.07) is 3.59. The van der Waals surface area contributed by atoms with Crippen LogP contribution in [0.15, 0.2) is 12.1 Å². The second-order valence-electron chi connectivity index (χ2n) is 5.39. The van der Waals surface area contributed by atoms with Gasteiger partial charge in [0.15, 0.2) is 0 Å². The van der Waals surface area contributed by atoms with Gasteiger partial charge in [-0.2, -0.15) is 0 Å². The van der Waals surface area contributed by atoms with E-state index in [1.165, 1.54) is 0 Å². The molecule has 0 atom stereocenters. The van der Waals surface area contributed by atoms with Crippen molar-refractivity contribution in [2.24, 2.45) is 5.92 Å². The minimum absolute atomic E-state index is 0.0870. The van der Waals surface area contributed by atoms with Gasteiger partial charge in [-0.05, 0) is 30.9 Å². The zero-order valence-electron chi connectivity index (χ0n) is 13.5. The van der Waals surface area contributed by atoms with Gasteiger partial charge in [-0.15, -0.1) is 0 Å². The van der Waals surface area contributed by atoms with Crippen LogP contribution in [0.4, 0.5) is 5.82 Å². The molecule has 0 bridgehead atoms. The molecule has 118 valence electrons. The molecule has 1 heterocycles. The third-order valence-electron chi connectivity index (χ3n) is 3.13. The van der Waals surface area contributed by atoms with Crippen LogP contribution in [0.3, 0.4) is 0 Å². The molecule has 1 rings (SSSR count). The fourth-order valence-electron chi connectivity index (χ4n) is 1.79. The number of nitrogens with one attached hydrogen (secondary N) is 2. The minimum Gasteiger partial charge on any atom is -0.380 e. The van der Waals surface area contributed by atoms with E-state index in [9.17, 15) is 4.79 Å². The number of nitrogens with zero attached hydrogens (tertiary/aromatic N) is 1. The Balaban J connectivity index is 2.41. The Morgan fingerprint density at radius 3 is 2.71 bits per heavy atom. The third-order valence-corrected chi connectivity index (χ3v) is 3.13. The number of aryl methyl sites for hydroxylation is 1. The van der Waals surface area contributed by atoms with Gasteiger partial charge in [0.25, 0.3) is 5.91 Å². The zero-order chi connectivity index (χ0) is 15.7. The fraction of sp³-hybridized carbons (Fsp3) is 0.625. The van der Waals surface area contributed by atoms with Gasteiger partial charge in [0.05, 0.1) is 6.61 Å². The molecular formula is C16H27N3O2. The summed E-state index contributed by atoms with van der Waals surface area (Å²) in [4.78, 5) is 16.5. The van der Waals surface area contributed by atoms with Crippen molar-refractivity contribution in [1.82, 2.24) is 10.3 Å². The molecule has 0 aliphatic rings. The minimum atomic E-state index is -0.0870. The highest BCUT2D eigenvalue weighted by Crippen LogP contribution is 2.10. The summed E-state index contributed by atoms with van der Waals surface area (Å²) in [5, 5.41) is 5.85. The van der Waals surface area contributed by atoms with E-state index in [0.717, 1.165) is 25.1 Å². The van der Waals surface area contributed by atoms with Gasteiger partial charge >= 0.3 is 0 Å². The second kappa shape index (κ2) is 9.34. The SMILES string of the molecule is CCc1cc(C(=O)NCCOCCC(C)C)cc(NC)n1. The molecule has 0 aliphatic carbocycles. The number of hydrogen-bond donors (Lipinski definition) is 2. The molecule has 0 spiro atoms. The number of carbonyl (C=O) groups is 1. The lowest BCUT2D eigenvalue weighted by atomic mass is 10.1. The monoisotopic (exact) mass is 293 g/mol. The van der Waals surface area contributed by atoms with Gasteiger partial charge < -0.3 is 15.4 Å². The number of anilines is 1. The van der Waals surface area contributed by atoms with E-state index >= 15 is 0 Å². The van der Waals surface area contributed by atoms with E-state index in [2.05, 4.69) is 29.5 Å². The first kappa shape index (κ1) is 17.4. The van der Waals surface area contributed by atoms with Crippen molar-refractivity contribution in [3.05, 3.63) is 23.4 Å². The summed E-state index contributed by atoms with van der Waals surface area (Å²) < 4.78 is 5.48. The van der Waals surface area contributed by atoms with Crippen molar-refractivity contribution in [2.45, 2.75) is 33.6 Å². The summed E-state index contributed by atoms with van der Waals surface area (Å²) >= 11 is 0. The normalized spacial score (nSPS) is 10.7. The lowest BCUT2D eigenvalue weighted by Crippen LogP contribution is -2.27. The highest BCUT2D eigenvalue weighted by Gasteiger charge is 2.08. The predicted molar refractivity (Wildman–Crippen MR) is 85.8 cm³/mol. The lowest BCUT2D eigenvalue weighted by Gasteiger charge is -2.09. The number of carbonyl (C=O) groups excluding carboxylic acids is 1. The number of amides is 1. The van der Waals surface area contributed by atoms with Gasteiger partial charge in [-0.25, -0.2) is 4.98 Å². The van der Waals surface area contributed by atoms with E-state index in [-0.39, 0.29) is 5.91 Å². The van der Waals surface area contributed by atoms with Crippen molar-refractivity contribution in [3.8, 4) is 0 Å². The molecule has 0 unspecified atom stereocenters. The van der Waals surface area contributed by atoms with E-state index in [0.29, 0.717) is 30.5 Å². The summed E-state index contributed by atoms with van der Waals surface area (Å²) in [6.07, 6.45) is 1.85. The number of hydrogen-bond acceptors (Lipinski definition) is 4. The van der Waals surface area contributed by atoms with Crippen LogP contribution in [0, 0.1) is 5.92 Å². The van der Waals surface area contributed by atoms with Crippen molar-refractivity contribution in [2.75, 3.05) is 32.1 Å². The van der Waals surface area contributed by atoms with Crippen LogP contribution in [0.25, 0.3) is 0 Å². The summed E-state index contributed by atoms with van der Waals surface area (Å²) in [5.74, 6) is 1.27. The predicted octanol–water partition coefficient (Wildman–Crippen LogP) is 2.48. The molecule has 21 heavy (non-hydrogen) atoms. The van der Waals surface area contributed by atoms with Crippen LogP contribution in [-0.2, 0) is 11.2 Å². The van der Waals surface area contributed by atoms with Crippen molar-refractivity contribution >= 4 is 11.7 Å². The summed E-state index contributed by atoms with van der Waals surface area (Å²) in [7, 11) is 1.80. The van der Waals surface area contributed by atoms with E-state index in [1.54, 1.807) is 13.1 Å². The number of aromatic nitrogens is 1. The van der Waals surface area contributed by atoms with E-state index in [4.69, 9.17) is 4.74 Å². The standard InChI is InChI=1S/C16H27N3O2/c1-5-14-10-13(11-15(17-4)19-14)16(20)18-7-9-21-8-6-12(2)3/h10-12H,5-9H2,1-4H3,(H,17,19)(H,18,20). The molecule has 5 nitrogen and oxygen atoms in total. The Hall–Kier alpha value is -1.62. The van der Waals surface area contributed by atoms with Gasteiger partial charge in [0.2, 0.25) is 0 Å². The van der Waals surface area contributed by atoms with Crippen LogP contribution in [0.1, 0.15) is 43.2 Å². The molecule has 0 radical (unpaired) electrons. The van der Waals surface area contributed by atoms with E-state index in [1.807, 2.05) is 13.0 Å².